The molecule has 0 radical (unpaired) electrons. The van der Waals surface area contributed by atoms with Crippen molar-refractivity contribution < 1.29 is 23.8 Å². The molecule has 1 aliphatic heterocycles. The molecule has 1 aromatic carbocycles. The van der Waals surface area contributed by atoms with Gasteiger partial charge in [0.1, 0.15) is 5.82 Å². The highest BCUT2D eigenvalue weighted by Gasteiger charge is 2.51. The first kappa shape index (κ1) is 15.5. The molecule has 5 nitrogen and oxygen atoms in total. The van der Waals surface area contributed by atoms with Gasteiger partial charge in [-0.1, -0.05) is 0 Å². The SMILES string of the molecule is O=C(O)C1(c2ccnc3ccc(F)cc23)CCC2(CC1)OCCO2. The predicted octanol–water partition coefficient (Wildman–Crippen LogP) is 3.01. The van der Waals surface area contributed by atoms with E-state index >= 15 is 0 Å². The van der Waals surface area contributed by atoms with Crippen LogP contribution < -0.4 is 0 Å². The first-order chi connectivity index (χ1) is 11.5. The summed E-state index contributed by atoms with van der Waals surface area (Å²) in [6.45, 7) is 1.09. The molecule has 6 heteroatoms. The number of carbonyl (C=O) groups is 1. The van der Waals surface area contributed by atoms with Gasteiger partial charge in [-0.2, -0.15) is 0 Å². The average Bonchev–Trinajstić information content (AvgIpc) is 3.03. The maximum atomic E-state index is 13.7. The van der Waals surface area contributed by atoms with E-state index in [1.54, 1.807) is 18.3 Å². The minimum atomic E-state index is -1.07. The number of aliphatic carboxylic acids is 1. The molecule has 1 spiro atoms. The van der Waals surface area contributed by atoms with Crippen molar-refractivity contribution in [3.05, 3.63) is 41.8 Å². The summed E-state index contributed by atoms with van der Waals surface area (Å²) in [7, 11) is 0. The highest BCUT2D eigenvalue weighted by atomic mass is 19.1. The van der Waals surface area contributed by atoms with Gasteiger partial charge in [0.05, 0.1) is 24.1 Å². The fraction of sp³-hybridized carbons (Fsp3) is 0.444. The molecule has 126 valence electrons. The number of halogens is 1. The van der Waals surface area contributed by atoms with Gasteiger partial charge in [0.15, 0.2) is 5.79 Å². The van der Waals surface area contributed by atoms with Crippen molar-refractivity contribution in [2.45, 2.75) is 36.9 Å². The second kappa shape index (κ2) is 5.50. The van der Waals surface area contributed by atoms with Crippen LogP contribution >= 0.6 is 0 Å². The second-order valence-corrected chi connectivity index (χ2v) is 6.51. The minimum Gasteiger partial charge on any atom is -0.481 e. The van der Waals surface area contributed by atoms with Crippen molar-refractivity contribution in [3.8, 4) is 0 Å². The number of hydrogen-bond acceptors (Lipinski definition) is 4. The van der Waals surface area contributed by atoms with Gasteiger partial charge in [0.2, 0.25) is 0 Å². The van der Waals surface area contributed by atoms with Gasteiger partial charge in [0, 0.05) is 24.4 Å². The quantitative estimate of drug-likeness (QED) is 0.916. The Bertz CT molecular complexity index is 791. The number of benzene rings is 1. The Balaban J connectivity index is 1.80. The van der Waals surface area contributed by atoms with Gasteiger partial charge in [-0.25, -0.2) is 4.39 Å². The summed E-state index contributed by atoms with van der Waals surface area (Å²) in [6, 6.07) is 5.99. The summed E-state index contributed by atoms with van der Waals surface area (Å²) in [6.07, 6.45) is 3.39. The predicted molar refractivity (Wildman–Crippen MR) is 84.1 cm³/mol. The number of aromatic nitrogens is 1. The van der Waals surface area contributed by atoms with Crippen LogP contribution in [-0.4, -0.2) is 35.1 Å². The number of nitrogens with zero attached hydrogens (tertiary/aromatic N) is 1. The van der Waals surface area contributed by atoms with Crippen LogP contribution in [0.15, 0.2) is 30.5 Å². The Morgan fingerprint density at radius 2 is 1.83 bits per heavy atom. The highest BCUT2D eigenvalue weighted by molar-refractivity contribution is 5.91. The van der Waals surface area contributed by atoms with Gasteiger partial charge < -0.3 is 14.6 Å². The summed E-state index contributed by atoms with van der Waals surface area (Å²) >= 11 is 0. The molecule has 0 unspecified atom stereocenters. The Hall–Kier alpha value is -2.05. The third kappa shape index (κ3) is 2.29. The van der Waals surface area contributed by atoms with E-state index in [1.807, 2.05) is 0 Å². The summed E-state index contributed by atoms with van der Waals surface area (Å²) in [4.78, 5) is 16.4. The lowest BCUT2D eigenvalue weighted by molar-refractivity contribution is -0.189. The van der Waals surface area contributed by atoms with Crippen LogP contribution in [0.3, 0.4) is 0 Å². The normalized spacial score (nSPS) is 22.0. The van der Waals surface area contributed by atoms with Crippen molar-refractivity contribution in [1.29, 1.82) is 0 Å². The lowest BCUT2D eigenvalue weighted by atomic mass is 9.67. The number of fused-ring (bicyclic) bond motifs is 1. The number of pyridine rings is 1. The Morgan fingerprint density at radius 3 is 2.50 bits per heavy atom. The van der Waals surface area contributed by atoms with Crippen LogP contribution in [-0.2, 0) is 19.7 Å². The molecular formula is C18H18FNO4. The molecule has 2 fully saturated rings. The van der Waals surface area contributed by atoms with E-state index in [2.05, 4.69) is 4.98 Å². The Morgan fingerprint density at radius 1 is 1.12 bits per heavy atom. The first-order valence-electron chi connectivity index (χ1n) is 8.11. The molecule has 0 bridgehead atoms. The first-order valence-corrected chi connectivity index (χ1v) is 8.11. The van der Waals surface area contributed by atoms with Gasteiger partial charge >= 0.3 is 5.97 Å². The van der Waals surface area contributed by atoms with Crippen LogP contribution in [0.25, 0.3) is 10.9 Å². The van der Waals surface area contributed by atoms with Gasteiger partial charge in [0.25, 0.3) is 0 Å². The zero-order valence-electron chi connectivity index (χ0n) is 13.1. The average molecular weight is 331 g/mol. The lowest BCUT2D eigenvalue weighted by Gasteiger charge is -2.41. The molecule has 2 aromatic rings. The third-order valence-corrected chi connectivity index (χ3v) is 5.31. The van der Waals surface area contributed by atoms with Crippen LogP contribution in [0, 0.1) is 5.82 Å². The summed E-state index contributed by atoms with van der Waals surface area (Å²) < 4.78 is 25.2. The number of carboxylic acid groups (broad SMARTS) is 1. The molecule has 0 amide bonds. The van der Waals surface area contributed by atoms with Crippen molar-refractivity contribution >= 4 is 16.9 Å². The Labute approximate surface area is 138 Å². The standard InChI is InChI=1S/C18H18FNO4/c19-12-1-2-15-13(11-12)14(3-8-20-15)17(16(21)22)4-6-18(7-5-17)23-9-10-24-18/h1-3,8,11H,4-7,9-10H2,(H,21,22). The number of ether oxygens (including phenoxy) is 2. The van der Waals surface area contributed by atoms with E-state index in [-0.39, 0.29) is 0 Å². The maximum absolute atomic E-state index is 13.7. The molecule has 1 saturated carbocycles. The molecule has 1 aromatic heterocycles. The maximum Gasteiger partial charge on any atom is 0.314 e. The molecule has 2 aliphatic rings. The van der Waals surface area contributed by atoms with Crippen LogP contribution in [0.2, 0.25) is 0 Å². The third-order valence-electron chi connectivity index (χ3n) is 5.31. The van der Waals surface area contributed by atoms with Gasteiger partial charge in [-0.15, -0.1) is 0 Å². The molecule has 1 N–H and O–H groups in total. The van der Waals surface area contributed by atoms with Gasteiger partial charge in [-0.3, -0.25) is 9.78 Å². The van der Waals surface area contributed by atoms with E-state index in [9.17, 15) is 14.3 Å². The van der Waals surface area contributed by atoms with Crippen LogP contribution in [0.5, 0.6) is 0 Å². The van der Waals surface area contributed by atoms with E-state index in [0.717, 1.165) is 0 Å². The number of hydrogen-bond donors (Lipinski definition) is 1. The molecule has 0 atom stereocenters. The molecule has 1 aliphatic carbocycles. The topological polar surface area (TPSA) is 68.7 Å². The highest BCUT2D eigenvalue weighted by Crippen LogP contribution is 2.48. The lowest BCUT2D eigenvalue weighted by Crippen LogP contribution is -2.46. The smallest absolute Gasteiger partial charge is 0.314 e. The molecule has 2 heterocycles. The van der Waals surface area contributed by atoms with E-state index in [1.165, 1.54) is 12.1 Å². The molecule has 24 heavy (non-hydrogen) atoms. The largest absolute Gasteiger partial charge is 0.481 e. The van der Waals surface area contributed by atoms with Crippen LogP contribution in [0.4, 0.5) is 4.39 Å². The van der Waals surface area contributed by atoms with Crippen LogP contribution in [0.1, 0.15) is 31.2 Å². The molecule has 4 rings (SSSR count). The monoisotopic (exact) mass is 331 g/mol. The fourth-order valence-corrected chi connectivity index (χ4v) is 3.98. The summed E-state index contributed by atoms with van der Waals surface area (Å²) in [5.74, 6) is -1.94. The molecule has 1 saturated heterocycles. The van der Waals surface area contributed by atoms with Crippen molar-refractivity contribution in [1.82, 2.24) is 4.98 Å². The number of rotatable bonds is 2. The Kier molecular flexibility index (Phi) is 3.54. The van der Waals surface area contributed by atoms with Crippen molar-refractivity contribution in [2.75, 3.05) is 13.2 Å². The fourth-order valence-electron chi connectivity index (χ4n) is 3.98. The van der Waals surface area contributed by atoms with E-state index < -0.39 is 23.0 Å². The summed E-state index contributed by atoms with van der Waals surface area (Å²) in [5, 5.41) is 10.6. The number of carboxylic acids is 1. The van der Waals surface area contributed by atoms with Gasteiger partial charge in [-0.05, 0) is 42.7 Å². The second-order valence-electron chi connectivity index (χ2n) is 6.51. The van der Waals surface area contributed by atoms with E-state index in [0.29, 0.717) is 55.4 Å². The minimum absolute atomic E-state index is 0.387. The van der Waals surface area contributed by atoms with Crippen molar-refractivity contribution in [3.63, 3.8) is 0 Å². The zero-order valence-corrected chi connectivity index (χ0v) is 13.1. The summed E-state index contributed by atoms with van der Waals surface area (Å²) in [5.41, 5.74) is 0.144. The zero-order chi connectivity index (χ0) is 16.8. The van der Waals surface area contributed by atoms with E-state index in [4.69, 9.17) is 9.47 Å². The molecular weight excluding hydrogens is 313 g/mol. The van der Waals surface area contributed by atoms with Crippen molar-refractivity contribution in [2.24, 2.45) is 0 Å².